The topological polar surface area (TPSA) is 41.1 Å². The molecule has 0 spiro atoms. The highest BCUT2D eigenvalue weighted by molar-refractivity contribution is 5.73. The lowest BCUT2D eigenvalue weighted by Gasteiger charge is -2.00. The van der Waals surface area contributed by atoms with Crippen molar-refractivity contribution in [3.63, 3.8) is 0 Å². The van der Waals surface area contributed by atoms with E-state index >= 15 is 0 Å². The van der Waals surface area contributed by atoms with Crippen LogP contribution in [0, 0.1) is 0 Å². The number of anilines is 1. The highest BCUT2D eigenvalue weighted by atomic mass is 16.1. The number of carbonyl (C=O) groups is 1. The third-order valence-electron chi connectivity index (χ3n) is 2.62. The maximum absolute atomic E-state index is 10.7. The number of rotatable bonds is 3. The summed E-state index contributed by atoms with van der Waals surface area (Å²) in [7, 11) is 0. The minimum absolute atomic E-state index is 0.00260. The predicted octanol–water partition coefficient (Wildman–Crippen LogP) is 1.80. The van der Waals surface area contributed by atoms with Gasteiger partial charge in [-0.25, -0.2) is 0 Å². The zero-order valence-electron chi connectivity index (χ0n) is 9.42. The van der Waals surface area contributed by atoms with Crippen LogP contribution < -0.4 is 10.6 Å². The van der Waals surface area contributed by atoms with Crippen molar-refractivity contribution < 1.29 is 4.79 Å². The Balaban J connectivity index is 1.97. The van der Waals surface area contributed by atoms with Gasteiger partial charge in [0.05, 0.1) is 0 Å². The van der Waals surface area contributed by atoms with E-state index < -0.39 is 0 Å². The van der Waals surface area contributed by atoms with Gasteiger partial charge in [-0.3, -0.25) is 4.79 Å². The van der Waals surface area contributed by atoms with Crippen molar-refractivity contribution in [2.24, 2.45) is 0 Å². The van der Waals surface area contributed by atoms with Crippen LogP contribution in [0.3, 0.4) is 0 Å². The zero-order valence-corrected chi connectivity index (χ0v) is 9.42. The molecule has 0 unspecified atom stereocenters. The Kier molecular flexibility index (Phi) is 3.25. The summed E-state index contributed by atoms with van der Waals surface area (Å²) in [4.78, 5) is 10.7. The van der Waals surface area contributed by atoms with Crippen LogP contribution in [0.2, 0.25) is 0 Å². The summed E-state index contributed by atoms with van der Waals surface area (Å²) in [5, 5.41) is 6.06. The Labute approximate surface area is 95.6 Å². The molecule has 1 amide bonds. The van der Waals surface area contributed by atoms with Gasteiger partial charge in [0, 0.05) is 25.7 Å². The van der Waals surface area contributed by atoms with Gasteiger partial charge in [0.2, 0.25) is 5.91 Å². The molecular weight excluding hydrogens is 200 g/mol. The van der Waals surface area contributed by atoms with Crippen molar-refractivity contribution >= 4 is 17.7 Å². The van der Waals surface area contributed by atoms with Crippen molar-refractivity contribution in [3.8, 4) is 0 Å². The summed E-state index contributed by atoms with van der Waals surface area (Å²) in [5.74, 6) is 0.00260. The van der Waals surface area contributed by atoms with Gasteiger partial charge >= 0.3 is 0 Å². The molecule has 2 N–H and O–H groups in total. The molecular formula is C13H16N2O. The number of amides is 1. The van der Waals surface area contributed by atoms with E-state index in [0.717, 1.165) is 13.0 Å². The van der Waals surface area contributed by atoms with Gasteiger partial charge in [-0.05, 0) is 29.7 Å². The second kappa shape index (κ2) is 4.84. The van der Waals surface area contributed by atoms with Crippen molar-refractivity contribution in [2.45, 2.75) is 13.3 Å². The normalized spacial score (nSPS) is 13.6. The smallest absolute Gasteiger partial charge is 0.217 e. The van der Waals surface area contributed by atoms with Gasteiger partial charge in [0.1, 0.15) is 0 Å². The average molecular weight is 216 g/mol. The van der Waals surface area contributed by atoms with Crippen LogP contribution in [0.5, 0.6) is 0 Å². The quantitative estimate of drug-likeness (QED) is 0.809. The van der Waals surface area contributed by atoms with Crippen LogP contribution in [0.1, 0.15) is 18.1 Å². The van der Waals surface area contributed by atoms with E-state index in [4.69, 9.17) is 0 Å². The molecule has 0 bridgehead atoms. The highest BCUT2D eigenvalue weighted by Gasteiger charge is 2.08. The van der Waals surface area contributed by atoms with E-state index in [9.17, 15) is 4.79 Å². The largest absolute Gasteiger partial charge is 0.384 e. The maximum atomic E-state index is 10.7. The van der Waals surface area contributed by atoms with Crippen LogP contribution in [-0.4, -0.2) is 19.0 Å². The fourth-order valence-electron chi connectivity index (χ4n) is 1.83. The zero-order chi connectivity index (χ0) is 11.4. The Morgan fingerprint density at radius 2 is 2.44 bits per heavy atom. The molecule has 0 radical (unpaired) electrons. The lowest BCUT2D eigenvalue weighted by Crippen LogP contribution is -2.19. The molecule has 0 fully saturated rings. The molecule has 1 aromatic carbocycles. The SMILES string of the molecule is CC(=O)NCC=Cc1ccc2c(c1)CCN2. The summed E-state index contributed by atoms with van der Waals surface area (Å²) < 4.78 is 0. The van der Waals surface area contributed by atoms with Gasteiger partial charge in [-0.1, -0.05) is 18.2 Å². The summed E-state index contributed by atoms with van der Waals surface area (Å²) in [5.41, 5.74) is 3.81. The van der Waals surface area contributed by atoms with E-state index in [0.29, 0.717) is 6.54 Å². The number of hydrogen-bond donors (Lipinski definition) is 2. The molecule has 1 aliphatic heterocycles. The molecule has 0 aromatic heterocycles. The van der Waals surface area contributed by atoms with Crippen LogP contribution in [0.4, 0.5) is 5.69 Å². The van der Waals surface area contributed by atoms with Crippen molar-refractivity contribution in [3.05, 3.63) is 35.4 Å². The fourth-order valence-corrected chi connectivity index (χ4v) is 1.83. The summed E-state index contributed by atoms with van der Waals surface area (Å²) >= 11 is 0. The van der Waals surface area contributed by atoms with E-state index in [1.54, 1.807) is 0 Å². The van der Waals surface area contributed by atoms with E-state index in [2.05, 4.69) is 28.8 Å². The average Bonchev–Trinajstić information content (AvgIpc) is 2.71. The van der Waals surface area contributed by atoms with Crippen LogP contribution in [-0.2, 0) is 11.2 Å². The Morgan fingerprint density at radius 1 is 1.56 bits per heavy atom. The Bertz CT molecular complexity index is 424. The van der Waals surface area contributed by atoms with Gasteiger partial charge in [-0.2, -0.15) is 0 Å². The van der Waals surface area contributed by atoms with Gasteiger partial charge in [0.25, 0.3) is 0 Å². The van der Waals surface area contributed by atoms with Crippen LogP contribution >= 0.6 is 0 Å². The molecule has 3 nitrogen and oxygen atoms in total. The Hall–Kier alpha value is -1.77. The molecule has 1 aromatic rings. The van der Waals surface area contributed by atoms with E-state index in [1.807, 2.05) is 12.2 Å². The highest BCUT2D eigenvalue weighted by Crippen LogP contribution is 2.23. The first-order chi connectivity index (χ1) is 7.75. The molecule has 3 heteroatoms. The number of fused-ring (bicyclic) bond motifs is 1. The Morgan fingerprint density at radius 3 is 3.25 bits per heavy atom. The van der Waals surface area contributed by atoms with Crippen LogP contribution in [0.15, 0.2) is 24.3 Å². The van der Waals surface area contributed by atoms with Crippen molar-refractivity contribution in [2.75, 3.05) is 18.4 Å². The van der Waals surface area contributed by atoms with Gasteiger partial charge in [0.15, 0.2) is 0 Å². The lowest BCUT2D eigenvalue weighted by atomic mass is 10.1. The first-order valence-corrected chi connectivity index (χ1v) is 5.53. The number of hydrogen-bond acceptors (Lipinski definition) is 2. The molecule has 84 valence electrons. The van der Waals surface area contributed by atoms with E-state index in [1.165, 1.54) is 23.7 Å². The summed E-state index contributed by atoms with van der Waals surface area (Å²) in [6.07, 6.45) is 5.10. The van der Waals surface area contributed by atoms with Crippen molar-refractivity contribution in [1.82, 2.24) is 5.32 Å². The second-order valence-corrected chi connectivity index (χ2v) is 3.93. The molecule has 0 saturated heterocycles. The molecule has 16 heavy (non-hydrogen) atoms. The van der Waals surface area contributed by atoms with E-state index in [-0.39, 0.29) is 5.91 Å². The molecule has 0 atom stereocenters. The van der Waals surface area contributed by atoms with Crippen molar-refractivity contribution in [1.29, 1.82) is 0 Å². The third-order valence-corrected chi connectivity index (χ3v) is 2.62. The minimum Gasteiger partial charge on any atom is -0.384 e. The number of carbonyl (C=O) groups excluding carboxylic acids is 1. The summed E-state index contributed by atoms with van der Waals surface area (Å²) in [6.45, 7) is 3.15. The molecule has 2 rings (SSSR count). The third kappa shape index (κ3) is 2.63. The maximum Gasteiger partial charge on any atom is 0.217 e. The first kappa shape index (κ1) is 10.7. The monoisotopic (exact) mass is 216 g/mol. The first-order valence-electron chi connectivity index (χ1n) is 5.53. The molecule has 0 saturated carbocycles. The van der Waals surface area contributed by atoms with Gasteiger partial charge < -0.3 is 10.6 Å². The molecule has 1 aliphatic rings. The molecule has 0 aliphatic carbocycles. The second-order valence-electron chi connectivity index (χ2n) is 3.93. The summed E-state index contributed by atoms with van der Waals surface area (Å²) in [6, 6.07) is 6.39. The minimum atomic E-state index is 0.00260. The standard InChI is InChI=1S/C13H16N2O/c1-10(16)14-7-2-3-11-4-5-13-12(9-11)6-8-15-13/h2-5,9,15H,6-8H2,1H3,(H,14,16). The van der Waals surface area contributed by atoms with Gasteiger partial charge in [-0.15, -0.1) is 0 Å². The fraction of sp³-hybridized carbons (Fsp3) is 0.308. The van der Waals surface area contributed by atoms with Crippen LogP contribution in [0.25, 0.3) is 6.08 Å². The lowest BCUT2D eigenvalue weighted by molar-refractivity contribution is -0.118. The molecule has 1 heterocycles. The number of benzene rings is 1. The predicted molar refractivity (Wildman–Crippen MR) is 66.4 cm³/mol. The number of nitrogens with one attached hydrogen (secondary N) is 2.